The molecule has 3 nitrogen and oxygen atoms in total. The molecule has 2 aromatic heterocycles. The van der Waals surface area contributed by atoms with Crippen LogP contribution < -0.4 is 25.5 Å². The van der Waals surface area contributed by atoms with Crippen molar-refractivity contribution in [3.05, 3.63) is 156 Å². The van der Waals surface area contributed by atoms with E-state index in [2.05, 4.69) is 217 Å². The summed E-state index contributed by atoms with van der Waals surface area (Å²) in [5, 5.41) is 3.96. The Morgan fingerprint density at radius 2 is 1.16 bits per heavy atom. The van der Waals surface area contributed by atoms with Crippen LogP contribution in [-0.4, -0.2) is 11.3 Å². The molecule has 9 aromatic rings. The first kappa shape index (κ1) is 37.7. The first-order chi connectivity index (χ1) is 29.6. The quantitative estimate of drug-likeness (QED) is 0.161. The maximum absolute atomic E-state index is 2.67. The predicted molar refractivity (Wildman–Crippen MR) is 270 cm³/mol. The fraction of sp³-hybridized carbons (Fsp3) is 0.228. The van der Waals surface area contributed by atoms with Gasteiger partial charge >= 0.3 is 0 Å². The van der Waals surface area contributed by atoms with Gasteiger partial charge in [-0.05, 0) is 134 Å². The van der Waals surface area contributed by atoms with Gasteiger partial charge in [-0.25, -0.2) is 0 Å². The number of nitrogens with zero attached hydrogens (tertiary/aromatic N) is 3. The molecule has 62 heavy (non-hydrogen) atoms. The average Bonchev–Trinajstić information content (AvgIpc) is 3.78. The van der Waals surface area contributed by atoms with E-state index < -0.39 is 0 Å². The molecule has 5 heteroatoms. The lowest BCUT2D eigenvalue weighted by atomic mass is 9.36. The van der Waals surface area contributed by atoms with Crippen LogP contribution in [0.3, 0.4) is 0 Å². The van der Waals surface area contributed by atoms with Crippen molar-refractivity contribution in [2.45, 2.75) is 85.5 Å². The molecule has 0 atom stereocenters. The molecule has 3 aliphatic rings. The van der Waals surface area contributed by atoms with Gasteiger partial charge in [-0.15, -0.1) is 11.3 Å². The van der Waals surface area contributed by atoms with Gasteiger partial charge in [0.1, 0.15) is 0 Å². The first-order valence-electron chi connectivity index (χ1n) is 22.3. The number of hydrogen-bond acceptors (Lipinski definition) is 3. The third kappa shape index (κ3) is 5.24. The molecular formula is C57H52BN3S. The molecule has 0 aliphatic carbocycles. The number of anilines is 6. The van der Waals surface area contributed by atoms with Gasteiger partial charge in [0.05, 0.1) is 33.8 Å². The Hall–Kier alpha value is -6.04. The minimum absolute atomic E-state index is 0.0331. The average molecular weight is 822 g/mol. The van der Waals surface area contributed by atoms with Gasteiger partial charge < -0.3 is 14.4 Å². The summed E-state index contributed by atoms with van der Waals surface area (Å²) in [6.45, 7) is 23.3. The summed E-state index contributed by atoms with van der Waals surface area (Å²) in [7, 11) is 0. The number of fused-ring (bicyclic) bond motifs is 11. The molecule has 12 rings (SSSR count). The van der Waals surface area contributed by atoms with Crippen LogP contribution in [0.25, 0.3) is 48.7 Å². The lowest BCUT2D eigenvalue weighted by Gasteiger charge is -2.45. The molecule has 0 radical (unpaired) electrons. The number of thiophene rings is 1. The molecular weight excluding hydrogens is 770 g/mol. The highest BCUT2D eigenvalue weighted by Gasteiger charge is 2.48. The monoisotopic (exact) mass is 821 g/mol. The predicted octanol–water partition coefficient (Wildman–Crippen LogP) is 14.3. The van der Waals surface area contributed by atoms with Crippen LogP contribution in [0.4, 0.5) is 34.1 Å². The number of aryl methyl sites for hydroxylation is 1. The fourth-order valence-electron chi connectivity index (χ4n) is 10.7. The summed E-state index contributed by atoms with van der Waals surface area (Å²) in [5.74, 6) is 0. The molecule has 304 valence electrons. The molecule has 0 fully saturated rings. The number of hydrogen-bond donors (Lipinski definition) is 0. The van der Waals surface area contributed by atoms with Crippen LogP contribution in [0.5, 0.6) is 0 Å². The summed E-state index contributed by atoms with van der Waals surface area (Å²) in [6, 6.07) is 51.7. The van der Waals surface area contributed by atoms with Gasteiger partial charge in [0.15, 0.2) is 0 Å². The van der Waals surface area contributed by atoms with Crippen LogP contribution >= 0.6 is 11.3 Å². The SMILES string of the molecule is Cc1cc2c3c(c1)N1c4c(cccc4-n4c5ccc(C(C)(C)C)cc5c5cc(C(C)(C)C)cc1c54)B3c1sc3ccc(-c4ccccc4)cc3c1N2c1ccc(C(C)(C)C)cc1. The second-order valence-electron chi connectivity index (χ2n) is 21.2. The van der Waals surface area contributed by atoms with Crippen molar-refractivity contribution >= 4 is 99.8 Å². The molecule has 0 saturated heterocycles. The zero-order valence-corrected chi connectivity index (χ0v) is 38.3. The first-order valence-corrected chi connectivity index (χ1v) is 23.1. The number of rotatable bonds is 2. The van der Waals surface area contributed by atoms with E-state index in [1.807, 2.05) is 11.3 Å². The van der Waals surface area contributed by atoms with E-state index in [4.69, 9.17) is 0 Å². The lowest BCUT2D eigenvalue weighted by molar-refractivity contribution is 0.590. The highest BCUT2D eigenvalue weighted by molar-refractivity contribution is 7.33. The Kier molecular flexibility index (Phi) is 7.63. The Labute approximate surface area is 370 Å². The summed E-state index contributed by atoms with van der Waals surface area (Å²) in [5.41, 5.74) is 22.0. The zero-order chi connectivity index (χ0) is 42.8. The lowest BCUT2D eigenvalue weighted by Crippen LogP contribution is -2.61. The van der Waals surface area contributed by atoms with Gasteiger partial charge in [0.2, 0.25) is 0 Å². The zero-order valence-electron chi connectivity index (χ0n) is 37.5. The Morgan fingerprint density at radius 3 is 1.87 bits per heavy atom. The normalized spacial score (nSPS) is 14.2. The molecule has 0 saturated carbocycles. The molecule has 0 bridgehead atoms. The van der Waals surface area contributed by atoms with Crippen molar-refractivity contribution < 1.29 is 0 Å². The maximum atomic E-state index is 2.67. The van der Waals surface area contributed by atoms with Crippen molar-refractivity contribution in [2.75, 3.05) is 9.80 Å². The van der Waals surface area contributed by atoms with E-state index in [1.165, 1.54) is 121 Å². The van der Waals surface area contributed by atoms with Crippen LogP contribution in [-0.2, 0) is 16.2 Å². The van der Waals surface area contributed by atoms with Gasteiger partial charge in [0.25, 0.3) is 6.71 Å². The smallest absolute Gasteiger partial charge is 0.264 e. The third-order valence-corrected chi connectivity index (χ3v) is 15.2. The van der Waals surface area contributed by atoms with Crippen LogP contribution in [0.2, 0.25) is 0 Å². The molecule has 7 aromatic carbocycles. The molecule has 5 heterocycles. The van der Waals surface area contributed by atoms with Gasteiger partial charge in [-0.2, -0.15) is 0 Å². The van der Waals surface area contributed by atoms with Crippen molar-refractivity contribution in [1.29, 1.82) is 0 Å². The van der Waals surface area contributed by atoms with Crippen LogP contribution in [0, 0.1) is 6.92 Å². The van der Waals surface area contributed by atoms with E-state index in [0.717, 1.165) is 0 Å². The largest absolute Gasteiger partial charge is 0.310 e. The van der Waals surface area contributed by atoms with E-state index >= 15 is 0 Å². The molecule has 0 amide bonds. The Morgan fingerprint density at radius 1 is 0.484 bits per heavy atom. The topological polar surface area (TPSA) is 11.4 Å². The van der Waals surface area contributed by atoms with E-state index in [-0.39, 0.29) is 23.0 Å². The summed E-state index contributed by atoms with van der Waals surface area (Å²) >= 11 is 1.98. The van der Waals surface area contributed by atoms with E-state index in [1.54, 1.807) is 0 Å². The van der Waals surface area contributed by atoms with Gasteiger partial charge in [-0.3, -0.25) is 0 Å². The highest BCUT2D eigenvalue weighted by Crippen LogP contribution is 2.55. The molecule has 0 unspecified atom stereocenters. The number of benzene rings is 7. The summed E-state index contributed by atoms with van der Waals surface area (Å²) in [6.07, 6.45) is 0. The van der Waals surface area contributed by atoms with Crippen molar-refractivity contribution in [2.24, 2.45) is 0 Å². The van der Waals surface area contributed by atoms with Crippen LogP contribution in [0.15, 0.2) is 133 Å². The van der Waals surface area contributed by atoms with Gasteiger partial charge in [0, 0.05) is 42.7 Å². The molecule has 0 N–H and O–H groups in total. The van der Waals surface area contributed by atoms with Crippen molar-refractivity contribution in [3.8, 4) is 16.8 Å². The van der Waals surface area contributed by atoms with Crippen molar-refractivity contribution in [1.82, 2.24) is 4.57 Å². The second-order valence-corrected chi connectivity index (χ2v) is 22.3. The summed E-state index contributed by atoms with van der Waals surface area (Å²) in [4.78, 5) is 5.28. The van der Waals surface area contributed by atoms with Crippen LogP contribution in [0.1, 0.15) is 84.6 Å². The maximum Gasteiger partial charge on any atom is 0.264 e. The fourth-order valence-corrected chi connectivity index (χ4v) is 12.0. The van der Waals surface area contributed by atoms with E-state index in [9.17, 15) is 0 Å². The molecule has 0 spiro atoms. The highest BCUT2D eigenvalue weighted by atomic mass is 32.1. The Balaban J connectivity index is 1.21. The third-order valence-electron chi connectivity index (χ3n) is 14.0. The second kappa shape index (κ2) is 12.5. The Bertz CT molecular complexity index is 3370. The van der Waals surface area contributed by atoms with E-state index in [0.29, 0.717) is 0 Å². The minimum atomic E-state index is -0.0501. The number of para-hydroxylation sites is 1. The summed E-state index contributed by atoms with van der Waals surface area (Å²) < 4.78 is 5.32. The van der Waals surface area contributed by atoms with Crippen molar-refractivity contribution in [3.63, 3.8) is 0 Å². The molecule has 3 aliphatic heterocycles. The standard InChI is InChI=1S/C57H52BN3S/c1-33-27-46-50-47(28-33)61-48-32-38(57(8,9)10)31-41-40-30-37(56(5,6)7)22-25-44(40)60(51(41)48)45-18-14-17-43(53(45)61)58(50)54-52(59(46)39-23-20-36(21-24-39)55(2,3)4)42-29-35(19-26-49(42)62-54)34-15-12-11-13-16-34/h11-32H,1-10H3. The number of aromatic nitrogens is 1. The minimum Gasteiger partial charge on any atom is -0.310 e. The van der Waals surface area contributed by atoms with Gasteiger partial charge in [-0.1, -0.05) is 129 Å².